The number of nitrogens with one attached hydrogen (secondary N) is 1. The van der Waals surface area contributed by atoms with Gasteiger partial charge in [-0.3, -0.25) is 0 Å². The van der Waals surface area contributed by atoms with E-state index in [9.17, 15) is 0 Å². The van der Waals surface area contributed by atoms with Gasteiger partial charge in [-0.15, -0.1) is 0 Å². The summed E-state index contributed by atoms with van der Waals surface area (Å²) < 4.78 is 0. The van der Waals surface area contributed by atoms with Crippen molar-refractivity contribution in [1.29, 1.82) is 5.26 Å². The standard InChI is InChI=1S/C14H17ClN2S/c1-18-13-5-3-12(4-6-13)17-14-7-2-11(15)8-10(14)9-16/h2,7-8,12-13,17H,3-6H2,1H3. The van der Waals surface area contributed by atoms with Gasteiger partial charge in [-0.2, -0.15) is 17.0 Å². The number of rotatable bonds is 3. The highest BCUT2D eigenvalue weighted by Gasteiger charge is 2.20. The minimum Gasteiger partial charge on any atom is -0.381 e. The molecule has 0 saturated heterocycles. The smallest absolute Gasteiger partial charge is 0.101 e. The van der Waals surface area contributed by atoms with Crippen molar-refractivity contribution < 1.29 is 0 Å². The largest absolute Gasteiger partial charge is 0.381 e. The van der Waals surface area contributed by atoms with Gasteiger partial charge in [0.15, 0.2) is 0 Å². The highest BCUT2D eigenvalue weighted by Crippen LogP contribution is 2.29. The van der Waals surface area contributed by atoms with Gasteiger partial charge in [0, 0.05) is 16.3 Å². The predicted octanol–water partition coefficient (Wildman–Crippen LogP) is 4.30. The van der Waals surface area contributed by atoms with Gasteiger partial charge < -0.3 is 5.32 Å². The van der Waals surface area contributed by atoms with Crippen LogP contribution in [0.2, 0.25) is 5.02 Å². The van der Waals surface area contributed by atoms with E-state index in [-0.39, 0.29) is 0 Å². The van der Waals surface area contributed by atoms with Crippen LogP contribution in [0.3, 0.4) is 0 Å². The number of nitriles is 1. The first-order chi connectivity index (χ1) is 8.72. The number of anilines is 1. The Labute approximate surface area is 118 Å². The van der Waals surface area contributed by atoms with E-state index in [4.69, 9.17) is 16.9 Å². The summed E-state index contributed by atoms with van der Waals surface area (Å²) in [4.78, 5) is 0. The first-order valence-corrected chi connectivity index (χ1v) is 7.88. The fourth-order valence-corrected chi connectivity index (χ4v) is 3.31. The second-order valence-electron chi connectivity index (χ2n) is 4.66. The van der Waals surface area contributed by atoms with Crippen LogP contribution in [-0.4, -0.2) is 17.5 Å². The third kappa shape index (κ3) is 3.34. The molecule has 4 heteroatoms. The van der Waals surface area contributed by atoms with E-state index in [1.807, 2.05) is 23.9 Å². The zero-order chi connectivity index (χ0) is 13.0. The summed E-state index contributed by atoms with van der Waals surface area (Å²) >= 11 is 7.86. The van der Waals surface area contributed by atoms with E-state index in [0.717, 1.165) is 10.9 Å². The van der Waals surface area contributed by atoms with E-state index in [2.05, 4.69) is 17.6 Å². The molecule has 2 nitrogen and oxygen atoms in total. The van der Waals surface area contributed by atoms with Crippen molar-refractivity contribution in [3.63, 3.8) is 0 Å². The van der Waals surface area contributed by atoms with Crippen LogP contribution < -0.4 is 5.32 Å². The van der Waals surface area contributed by atoms with Crippen LogP contribution in [0.4, 0.5) is 5.69 Å². The van der Waals surface area contributed by atoms with Gasteiger partial charge in [-0.25, -0.2) is 0 Å². The summed E-state index contributed by atoms with van der Waals surface area (Å²) in [6.45, 7) is 0. The van der Waals surface area contributed by atoms with Gasteiger partial charge in [0.1, 0.15) is 6.07 Å². The molecule has 0 atom stereocenters. The van der Waals surface area contributed by atoms with Crippen LogP contribution in [0, 0.1) is 11.3 Å². The molecule has 0 amide bonds. The second-order valence-corrected chi connectivity index (χ2v) is 6.23. The molecule has 1 N–H and O–H groups in total. The molecule has 1 aliphatic carbocycles. The zero-order valence-corrected chi connectivity index (χ0v) is 12.0. The van der Waals surface area contributed by atoms with Gasteiger partial charge >= 0.3 is 0 Å². The summed E-state index contributed by atoms with van der Waals surface area (Å²) in [6.07, 6.45) is 7.06. The summed E-state index contributed by atoms with van der Waals surface area (Å²) in [5, 5.41) is 14.0. The normalized spacial score (nSPS) is 23.4. The SMILES string of the molecule is CSC1CCC(Nc2ccc(Cl)cc2C#N)CC1. The Bertz CT molecular complexity index is 448. The number of hydrogen-bond donors (Lipinski definition) is 1. The Balaban J connectivity index is 2.00. The average molecular weight is 281 g/mol. The Morgan fingerprint density at radius 1 is 1.33 bits per heavy atom. The monoisotopic (exact) mass is 280 g/mol. The third-order valence-electron chi connectivity index (χ3n) is 3.47. The van der Waals surface area contributed by atoms with Crippen molar-refractivity contribution >= 4 is 29.1 Å². The fourth-order valence-electron chi connectivity index (χ4n) is 2.40. The van der Waals surface area contributed by atoms with Crippen LogP contribution in [-0.2, 0) is 0 Å². The minimum atomic E-state index is 0.488. The van der Waals surface area contributed by atoms with E-state index >= 15 is 0 Å². The van der Waals surface area contributed by atoms with Crippen LogP contribution in [0.5, 0.6) is 0 Å². The van der Waals surface area contributed by atoms with E-state index in [0.29, 0.717) is 16.6 Å². The summed E-state index contributed by atoms with van der Waals surface area (Å²) in [6, 6.07) is 8.14. The lowest BCUT2D eigenvalue weighted by atomic mass is 9.94. The van der Waals surface area contributed by atoms with Crippen molar-refractivity contribution in [1.82, 2.24) is 0 Å². The van der Waals surface area contributed by atoms with Crippen molar-refractivity contribution in [2.75, 3.05) is 11.6 Å². The summed E-state index contributed by atoms with van der Waals surface area (Å²) in [7, 11) is 0. The third-order valence-corrected chi connectivity index (χ3v) is 4.84. The average Bonchev–Trinajstić information content (AvgIpc) is 2.41. The number of benzene rings is 1. The van der Waals surface area contributed by atoms with E-state index < -0.39 is 0 Å². The molecule has 1 aliphatic rings. The Kier molecular flexibility index (Phi) is 4.79. The number of hydrogen-bond acceptors (Lipinski definition) is 3. The molecule has 1 fully saturated rings. The molecular weight excluding hydrogens is 264 g/mol. The zero-order valence-electron chi connectivity index (χ0n) is 10.4. The molecule has 1 saturated carbocycles. The molecule has 1 aromatic rings. The molecule has 18 heavy (non-hydrogen) atoms. The molecule has 0 aromatic heterocycles. The molecule has 96 valence electrons. The van der Waals surface area contributed by atoms with E-state index in [1.165, 1.54) is 25.7 Å². The maximum atomic E-state index is 9.10. The first-order valence-electron chi connectivity index (χ1n) is 6.22. The van der Waals surface area contributed by atoms with Gasteiger partial charge in [0.05, 0.1) is 11.3 Å². The lowest BCUT2D eigenvalue weighted by molar-refractivity contribution is 0.473. The Morgan fingerprint density at radius 3 is 2.67 bits per heavy atom. The molecule has 0 unspecified atom stereocenters. The van der Waals surface area contributed by atoms with Crippen molar-refractivity contribution in [3.8, 4) is 6.07 Å². The molecule has 0 bridgehead atoms. The Hall–Kier alpha value is -0.850. The highest BCUT2D eigenvalue weighted by molar-refractivity contribution is 7.99. The Morgan fingerprint density at radius 2 is 2.06 bits per heavy atom. The first kappa shape index (κ1) is 13.6. The van der Waals surface area contributed by atoms with Crippen LogP contribution in [0.25, 0.3) is 0 Å². The fraction of sp³-hybridized carbons (Fsp3) is 0.500. The molecule has 0 aliphatic heterocycles. The van der Waals surface area contributed by atoms with Gasteiger partial charge in [0.2, 0.25) is 0 Å². The number of halogens is 1. The predicted molar refractivity (Wildman–Crippen MR) is 79.3 cm³/mol. The van der Waals surface area contributed by atoms with Crippen LogP contribution in [0.15, 0.2) is 18.2 Å². The van der Waals surface area contributed by atoms with Gasteiger partial charge in [0.25, 0.3) is 0 Å². The maximum absolute atomic E-state index is 9.10. The highest BCUT2D eigenvalue weighted by atomic mass is 35.5. The van der Waals surface area contributed by atoms with E-state index in [1.54, 1.807) is 6.07 Å². The van der Waals surface area contributed by atoms with Crippen molar-refractivity contribution in [3.05, 3.63) is 28.8 Å². The minimum absolute atomic E-state index is 0.488. The quantitative estimate of drug-likeness (QED) is 0.897. The molecule has 2 rings (SSSR count). The van der Waals surface area contributed by atoms with Gasteiger partial charge in [-0.05, 0) is 50.1 Å². The molecule has 1 aromatic carbocycles. The summed E-state index contributed by atoms with van der Waals surface area (Å²) in [5.74, 6) is 0. The van der Waals surface area contributed by atoms with Crippen molar-refractivity contribution in [2.45, 2.75) is 37.0 Å². The molecule has 0 radical (unpaired) electrons. The molecule has 0 spiro atoms. The molecule has 0 heterocycles. The van der Waals surface area contributed by atoms with Gasteiger partial charge in [-0.1, -0.05) is 11.6 Å². The second kappa shape index (κ2) is 6.36. The summed E-state index contributed by atoms with van der Waals surface area (Å²) in [5.41, 5.74) is 1.55. The lowest BCUT2D eigenvalue weighted by Gasteiger charge is -2.29. The topological polar surface area (TPSA) is 35.8 Å². The lowest BCUT2D eigenvalue weighted by Crippen LogP contribution is -2.27. The molecular formula is C14H17ClN2S. The van der Waals surface area contributed by atoms with Crippen molar-refractivity contribution in [2.24, 2.45) is 0 Å². The van der Waals surface area contributed by atoms with Crippen LogP contribution >= 0.6 is 23.4 Å². The maximum Gasteiger partial charge on any atom is 0.101 e. The number of thioether (sulfide) groups is 1. The number of nitrogens with zero attached hydrogens (tertiary/aromatic N) is 1. The van der Waals surface area contributed by atoms with Crippen LogP contribution in [0.1, 0.15) is 31.2 Å².